The van der Waals surface area contributed by atoms with Crippen molar-refractivity contribution < 1.29 is 9.59 Å². The Morgan fingerprint density at radius 2 is 1.70 bits per heavy atom. The zero-order chi connectivity index (χ0) is 19.1. The van der Waals surface area contributed by atoms with Crippen molar-refractivity contribution in [2.75, 3.05) is 37.6 Å². The monoisotopic (exact) mass is 385 g/mol. The van der Waals surface area contributed by atoms with Crippen LogP contribution in [0.2, 0.25) is 5.02 Å². The van der Waals surface area contributed by atoms with Crippen LogP contribution in [0.5, 0.6) is 0 Å². The average Bonchev–Trinajstić information content (AvgIpc) is 2.69. The van der Waals surface area contributed by atoms with E-state index in [2.05, 4.69) is 22.3 Å². The van der Waals surface area contributed by atoms with Gasteiger partial charge in [0.1, 0.15) is 6.42 Å². The molecule has 2 aromatic rings. The second-order valence-electron chi connectivity index (χ2n) is 6.61. The number of halogens is 1. The molecule has 0 aromatic heterocycles. The molecule has 1 N–H and O–H groups in total. The third-order valence-corrected chi connectivity index (χ3v) is 4.93. The Morgan fingerprint density at radius 1 is 0.963 bits per heavy atom. The smallest absolute Gasteiger partial charge is 0.232 e. The number of piperazine rings is 1. The molecule has 0 radical (unpaired) electrons. The molecule has 0 spiro atoms. The summed E-state index contributed by atoms with van der Waals surface area (Å²) < 4.78 is 0. The maximum atomic E-state index is 12.4. The van der Waals surface area contributed by atoms with E-state index in [1.54, 1.807) is 4.90 Å². The Hall–Kier alpha value is -2.53. The molecule has 0 saturated carbocycles. The fourth-order valence-corrected chi connectivity index (χ4v) is 3.42. The Balaban J connectivity index is 1.38. The molecule has 0 bridgehead atoms. The second-order valence-corrected chi connectivity index (χ2v) is 7.05. The molecule has 1 aliphatic rings. The van der Waals surface area contributed by atoms with E-state index in [-0.39, 0.29) is 18.2 Å². The SMILES string of the molecule is O=C(CC(=O)N1CCN(c2ccccc2)CC1)NCCc1cccc(Cl)c1. The fraction of sp³-hybridized carbons (Fsp3) is 0.333. The van der Waals surface area contributed by atoms with E-state index in [1.807, 2.05) is 42.5 Å². The highest BCUT2D eigenvalue weighted by Crippen LogP contribution is 2.16. The lowest BCUT2D eigenvalue weighted by molar-refractivity contribution is -0.136. The summed E-state index contributed by atoms with van der Waals surface area (Å²) in [4.78, 5) is 28.4. The number of hydrogen-bond donors (Lipinski definition) is 1. The summed E-state index contributed by atoms with van der Waals surface area (Å²) in [5.74, 6) is -0.338. The number of rotatable bonds is 6. The van der Waals surface area contributed by atoms with Gasteiger partial charge in [0.05, 0.1) is 0 Å². The van der Waals surface area contributed by atoms with Gasteiger partial charge in [-0.15, -0.1) is 0 Å². The van der Waals surface area contributed by atoms with Crippen LogP contribution in [0.15, 0.2) is 54.6 Å². The second kappa shape index (κ2) is 9.42. The van der Waals surface area contributed by atoms with Gasteiger partial charge >= 0.3 is 0 Å². The van der Waals surface area contributed by atoms with Crippen LogP contribution in [-0.4, -0.2) is 49.4 Å². The van der Waals surface area contributed by atoms with Crippen molar-refractivity contribution in [1.82, 2.24) is 10.2 Å². The van der Waals surface area contributed by atoms with Gasteiger partial charge in [0.2, 0.25) is 11.8 Å². The standard InChI is InChI=1S/C21H24ClN3O2/c22-18-6-4-5-17(15-18)9-10-23-20(26)16-21(27)25-13-11-24(12-14-25)19-7-2-1-3-8-19/h1-8,15H,9-14,16H2,(H,23,26). The predicted molar refractivity (Wildman–Crippen MR) is 108 cm³/mol. The minimum atomic E-state index is -0.229. The molecule has 1 fully saturated rings. The number of nitrogens with zero attached hydrogens (tertiary/aromatic N) is 2. The zero-order valence-corrected chi connectivity index (χ0v) is 16.0. The first-order chi connectivity index (χ1) is 13.1. The first-order valence-corrected chi connectivity index (χ1v) is 9.58. The number of amides is 2. The van der Waals surface area contributed by atoms with Crippen molar-refractivity contribution in [2.45, 2.75) is 12.8 Å². The van der Waals surface area contributed by atoms with Crippen LogP contribution in [0.3, 0.4) is 0 Å². The summed E-state index contributed by atoms with van der Waals surface area (Å²) in [6.07, 6.45) is 0.594. The molecular formula is C21H24ClN3O2. The van der Waals surface area contributed by atoms with Gasteiger partial charge in [-0.05, 0) is 36.2 Å². The number of carbonyl (C=O) groups excluding carboxylic acids is 2. The average molecular weight is 386 g/mol. The van der Waals surface area contributed by atoms with Gasteiger partial charge in [-0.2, -0.15) is 0 Å². The molecule has 27 heavy (non-hydrogen) atoms. The number of hydrogen-bond acceptors (Lipinski definition) is 3. The van der Waals surface area contributed by atoms with Gasteiger partial charge in [-0.25, -0.2) is 0 Å². The highest BCUT2D eigenvalue weighted by atomic mass is 35.5. The Kier molecular flexibility index (Phi) is 6.71. The van der Waals surface area contributed by atoms with Gasteiger partial charge < -0.3 is 15.1 Å². The number of para-hydroxylation sites is 1. The minimum absolute atomic E-state index is 0.0963. The van der Waals surface area contributed by atoms with Crippen LogP contribution in [0.4, 0.5) is 5.69 Å². The van der Waals surface area contributed by atoms with Crippen molar-refractivity contribution in [1.29, 1.82) is 0 Å². The van der Waals surface area contributed by atoms with Gasteiger partial charge in [0.25, 0.3) is 0 Å². The zero-order valence-electron chi connectivity index (χ0n) is 15.2. The predicted octanol–water partition coefficient (Wildman–Crippen LogP) is 2.74. The van der Waals surface area contributed by atoms with Gasteiger partial charge in [0.15, 0.2) is 0 Å². The van der Waals surface area contributed by atoms with Gasteiger partial charge in [-0.3, -0.25) is 9.59 Å². The number of nitrogens with one attached hydrogen (secondary N) is 1. The van der Waals surface area contributed by atoms with E-state index >= 15 is 0 Å². The van der Waals surface area contributed by atoms with Crippen LogP contribution < -0.4 is 10.2 Å². The lowest BCUT2D eigenvalue weighted by Gasteiger charge is -2.36. The van der Waals surface area contributed by atoms with E-state index in [9.17, 15) is 9.59 Å². The molecule has 1 saturated heterocycles. The fourth-order valence-electron chi connectivity index (χ4n) is 3.20. The molecular weight excluding hydrogens is 362 g/mol. The summed E-state index contributed by atoms with van der Waals surface area (Å²) in [6.45, 7) is 3.35. The van der Waals surface area contributed by atoms with Crippen molar-refractivity contribution >= 4 is 29.1 Å². The van der Waals surface area contributed by atoms with Crippen LogP contribution >= 0.6 is 11.6 Å². The summed E-state index contributed by atoms with van der Waals surface area (Å²) >= 11 is 5.95. The summed E-state index contributed by atoms with van der Waals surface area (Å²) in [6, 6.07) is 17.7. The summed E-state index contributed by atoms with van der Waals surface area (Å²) in [5, 5.41) is 3.50. The first-order valence-electron chi connectivity index (χ1n) is 9.21. The van der Waals surface area contributed by atoms with E-state index in [0.29, 0.717) is 31.1 Å². The van der Waals surface area contributed by atoms with Crippen LogP contribution in [0.1, 0.15) is 12.0 Å². The quantitative estimate of drug-likeness (QED) is 0.778. The lowest BCUT2D eigenvalue weighted by atomic mass is 10.1. The third-order valence-electron chi connectivity index (χ3n) is 4.69. The highest BCUT2D eigenvalue weighted by molar-refractivity contribution is 6.30. The number of anilines is 1. The molecule has 6 heteroatoms. The molecule has 5 nitrogen and oxygen atoms in total. The van der Waals surface area contributed by atoms with E-state index in [4.69, 9.17) is 11.6 Å². The van der Waals surface area contributed by atoms with Crippen LogP contribution in [0.25, 0.3) is 0 Å². The molecule has 1 heterocycles. The van der Waals surface area contributed by atoms with Crippen molar-refractivity contribution in [3.63, 3.8) is 0 Å². The summed E-state index contributed by atoms with van der Waals surface area (Å²) in [5.41, 5.74) is 2.23. The first kappa shape index (κ1) is 19.2. The maximum Gasteiger partial charge on any atom is 0.232 e. The minimum Gasteiger partial charge on any atom is -0.368 e. The Labute approximate surface area is 164 Å². The van der Waals surface area contributed by atoms with Crippen molar-refractivity contribution in [3.05, 3.63) is 65.2 Å². The molecule has 3 rings (SSSR count). The molecule has 142 valence electrons. The van der Waals surface area contributed by atoms with E-state index in [1.165, 1.54) is 5.69 Å². The largest absolute Gasteiger partial charge is 0.368 e. The van der Waals surface area contributed by atoms with E-state index < -0.39 is 0 Å². The van der Waals surface area contributed by atoms with Crippen molar-refractivity contribution in [2.24, 2.45) is 0 Å². The number of carbonyl (C=O) groups is 2. The normalized spacial score (nSPS) is 14.1. The van der Waals surface area contributed by atoms with Crippen LogP contribution in [-0.2, 0) is 16.0 Å². The third kappa shape index (κ3) is 5.73. The Bertz CT molecular complexity index is 774. The summed E-state index contributed by atoms with van der Waals surface area (Å²) in [7, 11) is 0. The highest BCUT2D eigenvalue weighted by Gasteiger charge is 2.22. The topological polar surface area (TPSA) is 52.7 Å². The number of benzene rings is 2. The molecule has 0 aliphatic carbocycles. The van der Waals surface area contributed by atoms with Gasteiger partial charge in [0, 0.05) is 43.4 Å². The molecule has 2 amide bonds. The molecule has 1 aliphatic heterocycles. The molecule has 0 atom stereocenters. The maximum absolute atomic E-state index is 12.4. The molecule has 0 unspecified atom stereocenters. The van der Waals surface area contributed by atoms with Crippen LogP contribution in [0, 0.1) is 0 Å². The van der Waals surface area contributed by atoms with Crippen molar-refractivity contribution in [3.8, 4) is 0 Å². The lowest BCUT2D eigenvalue weighted by Crippen LogP contribution is -2.49. The molecule has 2 aromatic carbocycles. The Morgan fingerprint density at radius 3 is 2.41 bits per heavy atom. The van der Waals surface area contributed by atoms with E-state index in [0.717, 1.165) is 18.7 Å². The van der Waals surface area contributed by atoms with Gasteiger partial charge in [-0.1, -0.05) is 41.9 Å².